The third-order valence-electron chi connectivity index (χ3n) is 2.41. The number of halogens is 3. The lowest BCUT2D eigenvalue weighted by Gasteiger charge is -2.07. The Balaban J connectivity index is 2.80. The second-order valence-electron chi connectivity index (χ2n) is 3.24. The lowest BCUT2D eigenvalue weighted by atomic mass is 10.0. The normalized spacial score (nSPS) is 11.5. The van der Waals surface area contributed by atoms with Gasteiger partial charge in [0.1, 0.15) is 0 Å². The Morgan fingerprint density at radius 2 is 2.27 bits per heavy atom. The molecule has 0 spiro atoms. The van der Waals surface area contributed by atoms with Gasteiger partial charge < -0.3 is 0 Å². The van der Waals surface area contributed by atoms with Crippen LogP contribution >= 0.6 is 15.9 Å². The largest absolute Gasteiger partial charge is 0.277 e. The maximum atomic E-state index is 12.7. The van der Waals surface area contributed by atoms with E-state index in [1.165, 1.54) is 6.07 Å². The van der Waals surface area contributed by atoms with Crippen LogP contribution in [-0.4, -0.2) is 10.2 Å². The molecule has 15 heavy (non-hydrogen) atoms. The van der Waals surface area contributed by atoms with Crippen LogP contribution in [0.1, 0.15) is 24.5 Å². The summed E-state index contributed by atoms with van der Waals surface area (Å²) >= 11 is 3.31. The van der Waals surface area contributed by atoms with Crippen molar-refractivity contribution in [2.24, 2.45) is 0 Å². The molecule has 2 rings (SSSR count). The fourth-order valence-corrected chi connectivity index (χ4v) is 2.43. The van der Waals surface area contributed by atoms with Crippen molar-refractivity contribution in [1.82, 2.24) is 10.2 Å². The molecular weight excluding hydrogens is 266 g/mol. The van der Waals surface area contributed by atoms with Gasteiger partial charge in [0.2, 0.25) is 0 Å². The summed E-state index contributed by atoms with van der Waals surface area (Å²) in [5, 5.41) is 7.20. The number of alkyl halides is 2. The summed E-state index contributed by atoms with van der Waals surface area (Å²) in [6.45, 7) is 1.98. The zero-order valence-corrected chi connectivity index (χ0v) is 9.61. The molecule has 0 aliphatic carbocycles. The molecule has 5 heteroatoms. The van der Waals surface area contributed by atoms with E-state index < -0.39 is 6.43 Å². The molecular formula is C10H9BrF2N2. The van der Waals surface area contributed by atoms with Crippen LogP contribution in [0.25, 0.3) is 10.9 Å². The molecule has 0 saturated carbocycles. The Bertz CT molecular complexity index is 493. The van der Waals surface area contributed by atoms with Crippen molar-refractivity contribution < 1.29 is 8.78 Å². The Morgan fingerprint density at radius 1 is 1.53 bits per heavy atom. The average molecular weight is 275 g/mol. The minimum Gasteiger partial charge on any atom is -0.277 e. The predicted molar refractivity (Wildman–Crippen MR) is 58.1 cm³/mol. The number of benzene rings is 1. The number of nitrogens with one attached hydrogen (secondary N) is 1. The van der Waals surface area contributed by atoms with Crippen molar-refractivity contribution >= 4 is 26.8 Å². The molecule has 80 valence electrons. The van der Waals surface area contributed by atoms with Crippen molar-refractivity contribution in [2.75, 3.05) is 0 Å². The molecule has 2 nitrogen and oxygen atoms in total. The molecule has 0 aliphatic rings. The molecule has 0 unspecified atom stereocenters. The van der Waals surface area contributed by atoms with Gasteiger partial charge in [0.05, 0.1) is 11.7 Å². The number of aryl methyl sites for hydroxylation is 1. The van der Waals surface area contributed by atoms with Gasteiger partial charge in [-0.1, -0.05) is 22.9 Å². The molecule has 1 heterocycles. The summed E-state index contributed by atoms with van der Waals surface area (Å²) in [5.74, 6) is 0. The Morgan fingerprint density at radius 3 is 2.87 bits per heavy atom. The van der Waals surface area contributed by atoms with Gasteiger partial charge in [0, 0.05) is 15.4 Å². The maximum Gasteiger partial charge on any atom is 0.265 e. The van der Waals surface area contributed by atoms with Crippen LogP contribution in [0.4, 0.5) is 8.78 Å². The summed E-state index contributed by atoms with van der Waals surface area (Å²) in [7, 11) is 0. The molecule has 1 aromatic carbocycles. The van der Waals surface area contributed by atoms with E-state index in [9.17, 15) is 8.78 Å². The minimum atomic E-state index is -2.49. The van der Waals surface area contributed by atoms with Crippen LogP contribution in [0.2, 0.25) is 0 Å². The highest BCUT2D eigenvalue weighted by Crippen LogP contribution is 2.33. The zero-order valence-electron chi connectivity index (χ0n) is 8.02. The second-order valence-corrected chi connectivity index (χ2v) is 4.09. The lowest BCUT2D eigenvalue weighted by Crippen LogP contribution is -1.92. The number of hydrogen-bond acceptors (Lipinski definition) is 1. The van der Waals surface area contributed by atoms with Crippen molar-refractivity contribution in [2.45, 2.75) is 19.8 Å². The summed E-state index contributed by atoms with van der Waals surface area (Å²) in [4.78, 5) is 0. The van der Waals surface area contributed by atoms with Gasteiger partial charge in [-0.2, -0.15) is 5.10 Å². The first-order chi connectivity index (χ1) is 7.15. The SMILES string of the molecule is CCc1c(Br)cc(C(F)F)c2[nH]ncc12. The van der Waals surface area contributed by atoms with Crippen LogP contribution in [-0.2, 0) is 6.42 Å². The van der Waals surface area contributed by atoms with E-state index in [2.05, 4.69) is 26.1 Å². The number of H-pyrrole nitrogens is 1. The quantitative estimate of drug-likeness (QED) is 0.886. The molecule has 1 aromatic heterocycles. The highest BCUT2D eigenvalue weighted by atomic mass is 79.9. The van der Waals surface area contributed by atoms with E-state index in [0.717, 1.165) is 17.4 Å². The van der Waals surface area contributed by atoms with E-state index in [-0.39, 0.29) is 5.56 Å². The monoisotopic (exact) mass is 274 g/mol. The fraction of sp³-hybridized carbons (Fsp3) is 0.300. The van der Waals surface area contributed by atoms with Crippen LogP contribution < -0.4 is 0 Å². The molecule has 0 bridgehead atoms. The van der Waals surface area contributed by atoms with E-state index >= 15 is 0 Å². The molecule has 0 atom stereocenters. The maximum absolute atomic E-state index is 12.7. The van der Waals surface area contributed by atoms with Gasteiger partial charge in [-0.15, -0.1) is 0 Å². The molecule has 0 aliphatic heterocycles. The van der Waals surface area contributed by atoms with Crippen LogP contribution in [0.15, 0.2) is 16.7 Å². The molecule has 2 aromatic rings. The van der Waals surface area contributed by atoms with E-state index in [1.807, 2.05) is 6.92 Å². The minimum absolute atomic E-state index is 0.00780. The van der Waals surface area contributed by atoms with Gasteiger partial charge >= 0.3 is 0 Å². The first kappa shape index (κ1) is 10.5. The van der Waals surface area contributed by atoms with Crippen LogP contribution in [0, 0.1) is 0 Å². The second kappa shape index (κ2) is 3.89. The molecule has 0 saturated heterocycles. The van der Waals surface area contributed by atoms with E-state index in [1.54, 1.807) is 6.20 Å². The van der Waals surface area contributed by atoms with Gasteiger partial charge in [0.15, 0.2) is 0 Å². The van der Waals surface area contributed by atoms with Crippen molar-refractivity contribution in [1.29, 1.82) is 0 Å². The lowest BCUT2D eigenvalue weighted by molar-refractivity contribution is 0.153. The average Bonchev–Trinajstić information content (AvgIpc) is 2.64. The smallest absolute Gasteiger partial charge is 0.265 e. The first-order valence-electron chi connectivity index (χ1n) is 4.57. The first-order valence-corrected chi connectivity index (χ1v) is 5.37. The highest BCUT2D eigenvalue weighted by Gasteiger charge is 2.17. The standard InChI is InChI=1S/C10H9BrF2N2/c1-2-5-7-4-14-15-9(7)6(10(12)13)3-8(5)11/h3-4,10H,2H2,1H3,(H,14,15). The molecule has 0 radical (unpaired) electrons. The van der Waals surface area contributed by atoms with Gasteiger partial charge in [-0.25, -0.2) is 8.78 Å². The third kappa shape index (κ3) is 1.65. The van der Waals surface area contributed by atoms with Crippen molar-refractivity contribution in [3.8, 4) is 0 Å². The number of aromatic amines is 1. The van der Waals surface area contributed by atoms with Crippen LogP contribution in [0.3, 0.4) is 0 Å². The number of rotatable bonds is 2. The van der Waals surface area contributed by atoms with E-state index in [4.69, 9.17) is 0 Å². The number of fused-ring (bicyclic) bond motifs is 1. The molecule has 0 amide bonds. The number of nitrogens with zero attached hydrogens (tertiary/aromatic N) is 1. The topological polar surface area (TPSA) is 28.7 Å². The highest BCUT2D eigenvalue weighted by molar-refractivity contribution is 9.10. The summed E-state index contributed by atoms with van der Waals surface area (Å²) < 4.78 is 26.2. The Hall–Kier alpha value is -0.970. The van der Waals surface area contributed by atoms with Crippen molar-refractivity contribution in [3.63, 3.8) is 0 Å². The Labute approximate surface area is 93.8 Å². The molecule has 0 fully saturated rings. The van der Waals surface area contributed by atoms with Crippen molar-refractivity contribution in [3.05, 3.63) is 27.9 Å². The number of aromatic nitrogens is 2. The van der Waals surface area contributed by atoms with Gasteiger partial charge in [-0.05, 0) is 18.1 Å². The fourth-order valence-electron chi connectivity index (χ4n) is 1.69. The molecule has 1 N–H and O–H groups in total. The predicted octanol–water partition coefficient (Wildman–Crippen LogP) is 3.83. The summed E-state index contributed by atoms with van der Waals surface area (Å²) in [6, 6.07) is 1.46. The van der Waals surface area contributed by atoms with E-state index in [0.29, 0.717) is 9.99 Å². The summed E-state index contributed by atoms with van der Waals surface area (Å²) in [5.41, 5.74) is 1.43. The van der Waals surface area contributed by atoms with Crippen LogP contribution in [0.5, 0.6) is 0 Å². The number of hydrogen-bond donors (Lipinski definition) is 1. The summed E-state index contributed by atoms with van der Waals surface area (Å²) in [6.07, 6.45) is -0.125. The van der Waals surface area contributed by atoms with Gasteiger partial charge in [0.25, 0.3) is 6.43 Å². The third-order valence-corrected chi connectivity index (χ3v) is 3.12. The van der Waals surface area contributed by atoms with Gasteiger partial charge in [-0.3, -0.25) is 5.10 Å². The Kier molecular flexibility index (Phi) is 2.73. The zero-order chi connectivity index (χ0) is 11.0.